The molecule has 2 heterocycles. The summed E-state index contributed by atoms with van der Waals surface area (Å²) in [6.45, 7) is 8.67. The van der Waals surface area contributed by atoms with Crippen LogP contribution in [0.2, 0.25) is 0 Å². The normalized spacial score (nSPS) is 17.8. The van der Waals surface area contributed by atoms with Crippen LogP contribution in [0.1, 0.15) is 44.7 Å². The lowest BCUT2D eigenvalue weighted by atomic mass is 10.0. The summed E-state index contributed by atoms with van der Waals surface area (Å²) in [5, 5.41) is 11.9. The van der Waals surface area contributed by atoms with Gasteiger partial charge < -0.3 is 10.2 Å². The highest BCUT2D eigenvalue weighted by Gasteiger charge is 2.19. The first-order valence-electron chi connectivity index (χ1n) is 9.03. The maximum Gasteiger partial charge on any atom is 0.247 e. The second-order valence-electron chi connectivity index (χ2n) is 6.62. The van der Waals surface area contributed by atoms with Crippen molar-refractivity contribution in [3.05, 3.63) is 35.5 Å². The maximum absolute atomic E-state index is 4.72. The predicted molar refractivity (Wildman–Crippen MR) is 98.9 cm³/mol. The monoisotopic (exact) mass is 325 g/mol. The Hall–Kier alpha value is -2.17. The van der Waals surface area contributed by atoms with E-state index in [1.807, 2.05) is 0 Å². The molecule has 0 spiro atoms. The van der Waals surface area contributed by atoms with Gasteiger partial charge in [-0.25, -0.2) is 0 Å². The van der Waals surface area contributed by atoms with Crippen molar-refractivity contribution in [3.8, 4) is 0 Å². The zero-order chi connectivity index (χ0) is 16.9. The van der Waals surface area contributed by atoms with Crippen LogP contribution in [0.3, 0.4) is 0 Å². The van der Waals surface area contributed by atoms with E-state index in [0.717, 1.165) is 37.7 Å². The number of nitrogens with zero attached hydrogens (tertiary/aromatic N) is 4. The predicted octanol–water partition coefficient (Wildman–Crippen LogP) is 3.98. The summed E-state index contributed by atoms with van der Waals surface area (Å²) in [4.78, 5) is 6.97. The number of aromatic nitrogens is 3. The van der Waals surface area contributed by atoms with Gasteiger partial charge in [-0.1, -0.05) is 39.0 Å². The zero-order valence-electron chi connectivity index (χ0n) is 14.9. The Morgan fingerprint density at radius 2 is 1.96 bits per heavy atom. The Morgan fingerprint density at radius 3 is 2.62 bits per heavy atom. The highest BCUT2D eigenvalue weighted by Crippen LogP contribution is 2.26. The molecule has 1 aromatic heterocycles. The molecule has 0 bridgehead atoms. The fourth-order valence-electron chi connectivity index (χ4n) is 3.39. The van der Waals surface area contributed by atoms with Crippen LogP contribution < -0.4 is 10.2 Å². The van der Waals surface area contributed by atoms with Crippen LogP contribution >= 0.6 is 0 Å². The molecule has 2 aromatic rings. The van der Waals surface area contributed by atoms with Gasteiger partial charge in [-0.15, -0.1) is 5.10 Å². The van der Waals surface area contributed by atoms with E-state index in [0.29, 0.717) is 5.92 Å². The lowest BCUT2D eigenvalue weighted by Gasteiger charge is -2.30. The molecule has 5 heteroatoms. The molecular formula is C19H27N5. The van der Waals surface area contributed by atoms with E-state index in [2.05, 4.69) is 59.4 Å². The number of hydrogen-bond donors (Lipinski definition) is 1. The molecular weight excluding hydrogens is 298 g/mol. The van der Waals surface area contributed by atoms with Gasteiger partial charge in [-0.3, -0.25) is 0 Å². The zero-order valence-corrected chi connectivity index (χ0v) is 14.9. The van der Waals surface area contributed by atoms with Crippen LogP contribution in [0.25, 0.3) is 0 Å². The second kappa shape index (κ2) is 7.60. The van der Waals surface area contributed by atoms with Gasteiger partial charge in [0.1, 0.15) is 0 Å². The van der Waals surface area contributed by atoms with Crippen molar-refractivity contribution in [2.45, 2.75) is 46.5 Å². The van der Waals surface area contributed by atoms with E-state index in [9.17, 15) is 0 Å². The summed E-state index contributed by atoms with van der Waals surface area (Å²) in [5.74, 6) is 2.19. The Kier molecular flexibility index (Phi) is 5.28. The first-order valence-corrected chi connectivity index (χ1v) is 9.03. The highest BCUT2D eigenvalue weighted by molar-refractivity contribution is 5.65. The first-order chi connectivity index (χ1) is 11.7. The summed E-state index contributed by atoms with van der Waals surface area (Å²) < 4.78 is 0. The van der Waals surface area contributed by atoms with E-state index < -0.39 is 0 Å². The van der Waals surface area contributed by atoms with E-state index in [4.69, 9.17) is 4.98 Å². The quantitative estimate of drug-likeness (QED) is 0.901. The number of rotatable bonds is 5. The Morgan fingerprint density at radius 1 is 1.21 bits per heavy atom. The standard InChI is InChI=1S/C19H27N5/c1-4-15-9-6-10-16(5-2)18(15)21-17-12-20-23-19(22-17)24-11-7-8-14(3)13-24/h6,9-10,12,14H,4-5,7-8,11,13H2,1-3H3,(H,21,22,23). The molecule has 1 N–H and O–H groups in total. The highest BCUT2D eigenvalue weighted by atomic mass is 15.3. The van der Waals surface area contributed by atoms with E-state index in [1.165, 1.54) is 29.7 Å². The SMILES string of the molecule is CCc1cccc(CC)c1Nc1cnnc(N2CCCC(C)C2)n1. The molecule has 0 aliphatic carbocycles. The molecule has 1 atom stereocenters. The van der Waals surface area contributed by atoms with Gasteiger partial charge >= 0.3 is 0 Å². The lowest BCUT2D eigenvalue weighted by Crippen LogP contribution is -2.35. The third kappa shape index (κ3) is 3.66. The summed E-state index contributed by atoms with van der Waals surface area (Å²) in [5.41, 5.74) is 3.78. The van der Waals surface area contributed by atoms with Crippen molar-refractivity contribution < 1.29 is 0 Å². The smallest absolute Gasteiger partial charge is 0.247 e. The van der Waals surface area contributed by atoms with Crippen LogP contribution in [0.4, 0.5) is 17.5 Å². The van der Waals surface area contributed by atoms with Gasteiger partial charge in [0, 0.05) is 18.8 Å². The average molecular weight is 325 g/mol. The molecule has 1 aromatic carbocycles. The van der Waals surface area contributed by atoms with Gasteiger partial charge in [-0.05, 0) is 42.7 Å². The third-order valence-corrected chi connectivity index (χ3v) is 4.74. The molecule has 0 radical (unpaired) electrons. The molecule has 3 rings (SSSR count). The Labute approximate surface area is 144 Å². The first kappa shape index (κ1) is 16.7. The molecule has 128 valence electrons. The topological polar surface area (TPSA) is 53.9 Å². The van der Waals surface area contributed by atoms with Gasteiger partial charge in [0.15, 0.2) is 5.82 Å². The minimum atomic E-state index is 0.687. The number of benzene rings is 1. The number of aryl methyl sites for hydroxylation is 2. The van der Waals surface area contributed by atoms with E-state index >= 15 is 0 Å². The maximum atomic E-state index is 4.72. The molecule has 1 aliphatic heterocycles. The Bertz CT molecular complexity index is 663. The van der Waals surface area contributed by atoms with Crippen molar-refractivity contribution >= 4 is 17.5 Å². The van der Waals surface area contributed by atoms with Crippen molar-refractivity contribution in [3.63, 3.8) is 0 Å². The number of piperidine rings is 1. The fourth-order valence-corrected chi connectivity index (χ4v) is 3.39. The van der Waals surface area contributed by atoms with Crippen molar-refractivity contribution in [1.82, 2.24) is 15.2 Å². The number of nitrogens with one attached hydrogen (secondary N) is 1. The average Bonchev–Trinajstić information content (AvgIpc) is 2.62. The lowest BCUT2D eigenvalue weighted by molar-refractivity contribution is 0.441. The summed E-state index contributed by atoms with van der Waals surface area (Å²) >= 11 is 0. The third-order valence-electron chi connectivity index (χ3n) is 4.74. The van der Waals surface area contributed by atoms with Crippen molar-refractivity contribution in [2.24, 2.45) is 5.92 Å². The number of hydrogen-bond acceptors (Lipinski definition) is 5. The number of anilines is 3. The van der Waals surface area contributed by atoms with Gasteiger partial charge in [0.2, 0.25) is 5.95 Å². The molecule has 1 fully saturated rings. The summed E-state index contributed by atoms with van der Waals surface area (Å²) in [7, 11) is 0. The van der Waals surface area contributed by atoms with Gasteiger partial charge in [-0.2, -0.15) is 10.1 Å². The molecule has 1 aliphatic rings. The molecule has 0 amide bonds. The van der Waals surface area contributed by atoms with Crippen LogP contribution in [-0.2, 0) is 12.8 Å². The molecule has 5 nitrogen and oxygen atoms in total. The second-order valence-corrected chi connectivity index (χ2v) is 6.62. The van der Waals surface area contributed by atoms with E-state index in [-0.39, 0.29) is 0 Å². The van der Waals surface area contributed by atoms with Crippen molar-refractivity contribution in [1.29, 1.82) is 0 Å². The molecule has 0 saturated carbocycles. The largest absolute Gasteiger partial charge is 0.339 e. The minimum Gasteiger partial charge on any atom is -0.339 e. The van der Waals surface area contributed by atoms with Crippen LogP contribution in [0.5, 0.6) is 0 Å². The number of para-hydroxylation sites is 1. The van der Waals surface area contributed by atoms with Crippen molar-refractivity contribution in [2.75, 3.05) is 23.3 Å². The van der Waals surface area contributed by atoms with Gasteiger partial charge in [0.25, 0.3) is 0 Å². The van der Waals surface area contributed by atoms with Crippen LogP contribution in [-0.4, -0.2) is 28.3 Å². The summed E-state index contributed by atoms with van der Waals surface area (Å²) in [6, 6.07) is 6.47. The van der Waals surface area contributed by atoms with Gasteiger partial charge in [0.05, 0.1) is 6.20 Å². The molecule has 24 heavy (non-hydrogen) atoms. The van der Waals surface area contributed by atoms with Crippen LogP contribution in [0.15, 0.2) is 24.4 Å². The molecule has 1 unspecified atom stereocenters. The van der Waals surface area contributed by atoms with Crippen LogP contribution in [0, 0.1) is 5.92 Å². The summed E-state index contributed by atoms with van der Waals surface area (Å²) in [6.07, 6.45) is 6.17. The van der Waals surface area contributed by atoms with E-state index in [1.54, 1.807) is 6.20 Å². The Balaban J connectivity index is 1.85. The molecule has 1 saturated heterocycles. The minimum absolute atomic E-state index is 0.687. The fraction of sp³-hybridized carbons (Fsp3) is 0.526.